The lowest BCUT2D eigenvalue weighted by atomic mass is 10.0. The van der Waals surface area contributed by atoms with Gasteiger partial charge in [-0.15, -0.1) is 0 Å². The molecular weight excluding hydrogens is 295 g/mol. The Morgan fingerprint density at radius 1 is 0.913 bits per heavy atom. The first-order valence-electron chi connectivity index (χ1n) is 7.12. The third-order valence-corrected chi connectivity index (χ3v) is 3.87. The summed E-state index contributed by atoms with van der Waals surface area (Å²) in [6.07, 6.45) is 0. The van der Waals surface area contributed by atoms with Gasteiger partial charge in [0, 0.05) is 19.8 Å². The zero-order chi connectivity index (χ0) is 16.6. The van der Waals surface area contributed by atoms with Crippen LogP contribution in [0, 0.1) is 5.82 Å². The van der Waals surface area contributed by atoms with Crippen molar-refractivity contribution in [1.82, 2.24) is 4.90 Å². The van der Waals surface area contributed by atoms with E-state index < -0.39 is 5.82 Å². The highest BCUT2D eigenvalue weighted by Crippen LogP contribution is 2.32. The Morgan fingerprint density at radius 2 is 1.52 bits per heavy atom. The average Bonchev–Trinajstić information content (AvgIpc) is 2.80. The molecule has 1 aliphatic heterocycles. The normalized spacial score (nSPS) is 14.7. The summed E-state index contributed by atoms with van der Waals surface area (Å²) in [5.74, 6) is -1.16. The number of carbonyl (C=O) groups is 2. The zero-order valence-corrected chi connectivity index (χ0v) is 12.8. The number of anilines is 1. The maximum atomic E-state index is 13.2. The average molecular weight is 310 g/mol. The van der Waals surface area contributed by atoms with Crippen molar-refractivity contribution < 1.29 is 14.0 Å². The van der Waals surface area contributed by atoms with E-state index in [1.807, 2.05) is 30.3 Å². The molecule has 2 aromatic carbocycles. The van der Waals surface area contributed by atoms with E-state index in [1.54, 1.807) is 11.9 Å². The van der Waals surface area contributed by atoms with Crippen molar-refractivity contribution in [2.45, 2.75) is 0 Å². The summed E-state index contributed by atoms with van der Waals surface area (Å²) in [6.45, 7) is 0. The van der Waals surface area contributed by atoms with E-state index in [9.17, 15) is 14.0 Å². The molecule has 0 bridgehead atoms. The molecule has 0 aliphatic carbocycles. The molecule has 0 atom stereocenters. The molecule has 1 aliphatic rings. The zero-order valence-electron chi connectivity index (χ0n) is 12.8. The number of carbonyl (C=O) groups excluding carboxylic acids is 2. The quantitative estimate of drug-likeness (QED) is 0.818. The summed E-state index contributed by atoms with van der Waals surface area (Å²) in [5, 5.41) is 0. The van der Waals surface area contributed by atoms with E-state index in [1.165, 1.54) is 31.3 Å². The molecule has 0 N–H and O–H groups in total. The summed E-state index contributed by atoms with van der Waals surface area (Å²) >= 11 is 0. The molecule has 116 valence electrons. The van der Waals surface area contributed by atoms with Gasteiger partial charge >= 0.3 is 0 Å². The van der Waals surface area contributed by atoms with E-state index in [4.69, 9.17) is 0 Å². The Kier molecular flexibility index (Phi) is 3.70. The molecule has 0 spiro atoms. The molecule has 0 saturated heterocycles. The van der Waals surface area contributed by atoms with Crippen molar-refractivity contribution in [1.29, 1.82) is 0 Å². The molecule has 0 aromatic heterocycles. The Hall–Kier alpha value is -2.95. The van der Waals surface area contributed by atoms with Crippen LogP contribution < -0.4 is 4.90 Å². The number of halogens is 1. The number of hydrogen-bond donors (Lipinski definition) is 0. The second-order valence-electron chi connectivity index (χ2n) is 5.29. The van der Waals surface area contributed by atoms with Crippen LogP contribution in [0.4, 0.5) is 10.1 Å². The number of rotatable bonds is 3. The molecule has 0 radical (unpaired) electrons. The first kappa shape index (κ1) is 15.0. The molecule has 23 heavy (non-hydrogen) atoms. The van der Waals surface area contributed by atoms with Crippen molar-refractivity contribution in [3.63, 3.8) is 0 Å². The number of likely N-dealkylation sites (N-methyl/N-ethyl adjacent to an activating group) is 2. The van der Waals surface area contributed by atoms with Crippen LogP contribution >= 0.6 is 0 Å². The van der Waals surface area contributed by atoms with Gasteiger partial charge in [0.1, 0.15) is 11.5 Å². The molecule has 5 heteroatoms. The van der Waals surface area contributed by atoms with Gasteiger partial charge in [0.05, 0.1) is 5.57 Å². The Bertz CT molecular complexity index is 798. The van der Waals surface area contributed by atoms with Gasteiger partial charge in [-0.1, -0.05) is 30.3 Å². The second-order valence-corrected chi connectivity index (χ2v) is 5.29. The van der Waals surface area contributed by atoms with Gasteiger partial charge in [-0.2, -0.15) is 0 Å². The fourth-order valence-corrected chi connectivity index (χ4v) is 2.60. The number of para-hydroxylation sites is 1. The number of nitrogens with zero attached hydrogens (tertiary/aromatic N) is 2. The maximum absolute atomic E-state index is 13.2. The number of benzene rings is 2. The van der Waals surface area contributed by atoms with Crippen LogP contribution in [-0.4, -0.2) is 30.8 Å². The summed E-state index contributed by atoms with van der Waals surface area (Å²) in [7, 11) is 3.18. The Balaban J connectivity index is 2.16. The molecule has 3 rings (SSSR count). The smallest absolute Gasteiger partial charge is 0.277 e. The predicted octanol–water partition coefficient (Wildman–Crippen LogP) is 2.67. The van der Waals surface area contributed by atoms with Gasteiger partial charge < -0.3 is 4.90 Å². The molecule has 0 saturated carbocycles. The molecule has 0 fully saturated rings. The minimum absolute atomic E-state index is 0.281. The highest BCUT2D eigenvalue weighted by molar-refractivity contribution is 6.36. The van der Waals surface area contributed by atoms with Gasteiger partial charge in [0.2, 0.25) is 0 Å². The maximum Gasteiger partial charge on any atom is 0.277 e. The molecule has 2 aromatic rings. The summed E-state index contributed by atoms with van der Waals surface area (Å²) in [4.78, 5) is 27.7. The van der Waals surface area contributed by atoms with Crippen LogP contribution in [0.2, 0.25) is 0 Å². The lowest BCUT2D eigenvalue weighted by Gasteiger charge is -2.20. The van der Waals surface area contributed by atoms with Gasteiger partial charge in [-0.25, -0.2) is 4.39 Å². The van der Waals surface area contributed by atoms with Crippen LogP contribution in [0.15, 0.2) is 60.3 Å². The minimum Gasteiger partial charge on any atom is -0.339 e. The van der Waals surface area contributed by atoms with Crippen LogP contribution in [-0.2, 0) is 9.59 Å². The van der Waals surface area contributed by atoms with Crippen molar-refractivity contribution >= 4 is 23.1 Å². The minimum atomic E-state index is -0.391. The molecule has 0 unspecified atom stereocenters. The van der Waals surface area contributed by atoms with Crippen molar-refractivity contribution in [2.24, 2.45) is 0 Å². The highest BCUT2D eigenvalue weighted by Gasteiger charge is 2.38. The van der Waals surface area contributed by atoms with Crippen molar-refractivity contribution in [3.8, 4) is 0 Å². The Morgan fingerprint density at radius 3 is 2.13 bits per heavy atom. The number of hydrogen-bond acceptors (Lipinski definition) is 3. The van der Waals surface area contributed by atoms with Gasteiger partial charge in [0.15, 0.2) is 0 Å². The first-order valence-corrected chi connectivity index (χ1v) is 7.12. The molecule has 4 nitrogen and oxygen atoms in total. The van der Waals surface area contributed by atoms with Crippen LogP contribution in [0.3, 0.4) is 0 Å². The van der Waals surface area contributed by atoms with Crippen molar-refractivity contribution in [2.75, 3.05) is 19.0 Å². The topological polar surface area (TPSA) is 40.6 Å². The van der Waals surface area contributed by atoms with Gasteiger partial charge in [-0.3, -0.25) is 14.5 Å². The SMILES string of the molecule is CN1C(=O)C(c2ccc(F)cc2)=C(N(C)c2ccccc2)C1=O. The lowest BCUT2D eigenvalue weighted by Crippen LogP contribution is -2.30. The van der Waals surface area contributed by atoms with E-state index in [0.717, 1.165) is 10.6 Å². The van der Waals surface area contributed by atoms with Crippen LogP contribution in [0.25, 0.3) is 5.57 Å². The second kappa shape index (κ2) is 5.68. The fourth-order valence-electron chi connectivity index (χ4n) is 2.60. The molecular formula is C18H15FN2O2. The van der Waals surface area contributed by atoms with Crippen molar-refractivity contribution in [3.05, 3.63) is 71.7 Å². The van der Waals surface area contributed by atoms with Crippen LogP contribution in [0.5, 0.6) is 0 Å². The Labute approximate surface area is 133 Å². The summed E-state index contributed by atoms with van der Waals surface area (Å²) in [5.41, 5.74) is 1.88. The first-order chi connectivity index (χ1) is 11.0. The monoisotopic (exact) mass is 310 g/mol. The summed E-state index contributed by atoms with van der Waals surface area (Å²) < 4.78 is 13.2. The molecule has 1 heterocycles. The third kappa shape index (κ3) is 2.50. The van der Waals surface area contributed by atoms with E-state index >= 15 is 0 Å². The number of imide groups is 1. The number of amides is 2. The molecule has 2 amide bonds. The van der Waals surface area contributed by atoms with E-state index in [-0.39, 0.29) is 23.1 Å². The van der Waals surface area contributed by atoms with Crippen LogP contribution in [0.1, 0.15) is 5.56 Å². The highest BCUT2D eigenvalue weighted by atomic mass is 19.1. The van der Waals surface area contributed by atoms with Gasteiger partial charge in [-0.05, 0) is 29.8 Å². The summed E-state index contributed by atoms with van der Waals surface area (Å²) in [6, 6.07) is 14.9. The lowest BCUT2D eigenvalue weighted by molar-refractivity contribution is -0.135. The standard InChI is InChI=1S/C18H15FN2O2/c1-20(14-6-4-3-5-7-14)16-15(17(22)21(2)18(16)23)12-8-10-13(19)11-9-12/h3-11H,1-2H3. The largest absolute Gasteiger partial charge is 0.339 e. The van der Waals surface area contributed by atoms with E-state index in [2.05, 4.69) is 0 Å². The third-order valence-electron chi connectivity index (χ3n) is 3.87. The fraction of sp³-hybridized carbons (Fsp3) is 0.111. The predicted molar refractivity (Wildman–Crippen MR) is 85.9 cm³/mol. The van der Waals surface area contributed by atoms with Gasteiger partial charge in [0.25, 0.3) is 11.8 Å². The van der Waals surface area contributed by atoms with E-state index in [0.29, 0.717) is 5.56 Å².